The molecule has 5 nitrogen and oxygen atoms in total. The summed E-state index contributed by atoms with van der Waals surface area (Å²) in [6, 6.07) is 3.78. The van der Waals surface area contributed by atoms with Crippen LogP contribution in [0, 0.1) is 5.41 Å². The highest BCUT2D eigenvalue weighted by Crippen LogP contribution is 2.21. The van der Waals surface area contributed by atoms with Crippen LogP contribution in [0.15, 0.2) is 35.9 Å². The summed E-state index contributed by atoms with van der Waals surface area (Å²) in [6.45, 7) is 0. The number of aryl methyl sites for hydroxylation is 1. The quantitative estimate of drug-likeness (QED) is 0.486. The lowest BCUT2D eigenvalue weighted by Crippen LogP contribution is -2.15. The summed E-state index contributed by atoms with van der Waals surface area (Å²) >= 11 is 1.60. The monoisotopic (exact) mass is 247 g/mol. The van der Waals surface area contributed by atoms with Crippen molar-refractivity contribution in [2.75, 3.05) is 0 Å². The van der Waals surface area contributed by atoms with Gasteiger partial charge in [0.25, 0.3) is 0 Å². The molecule has 0 aliphatic carbocycles. The number of pyridine rings is 1. The van der Waals surface area contributed by atoms with Gasteiger partial charge in [-0.25, -0.2) is 4.98 Å². The lowest BCUT2D eigenvalue weighted by atomic mass is 10.2. The van der Waals surface area contributed by atoms with Crippen LogP contribution in [0.25, 0.3) is 0 Å². The fourth-order valence-corrected chi connectivity index (χ4v) is 2.35. The lowest BCUT2D eigenvalue weighted by Gasteiger charge is -2.06. The van der Waals surface area contributed by atoms with Crippen molar-refractivity contribution in [3.05, 3.63) is 42.0 Å². The third kappa shape index (κ3) is 2.65. The van der Waals surface area contributed by atoms with Crippen LogP contribution in [-0.4, -0.2) is 20.4 Å². The third-order valence-corrected chi connectivity index (χ3v) is 3.39. The molecule has 0 radical (unpaired) electrons. The number of nitrogen functional groups attached to an aromatic ring is 1. The second-order valence-corrected chi connectivity index (χ2v) is 4.48. The molecule has 2 aromatic rings. The summed E-state index contributed by atoms with van der Waals surface area (Å²) in [4.78, 5) is 8.34. The number of imidazole rings is 1. The van der Waals surface area contributed by atoms with Crippen molar-refractivity contribution in [1.29, 1.82) is 5.41 Å². The van der Waals surface area contributed by atoms with Crippen LogP contribution >= 0.6 is 11.8 Å². The molecule has 2 rings (SSSR count). The van der Waals surface area contributed by atoms with E-state index in [1.54, 1.807) is 24.2 Å². The standard InChI is InChI=1S/C11H13N5S/c1-16-6-5-15-11(16)17-7-8-3-2-4-14-9(8)10(12)13/h2-6H,7H2,1H3,(H3,12,13). The van der Waals surface area contributed by atoms with E-state index in [1.165, 1.54) is 0 Å². The van der Waals surface area contributed by atoms with E-state index in [9.17, 15) is 0 Å². The summed E-state index contributed by atoms with van der Waals surface area (Å²) < 4.78 is 1.95. The molecular weight excluding hydrogens is 234 g/mol. The van der Waals surface area contributed by atoms with Crippen molar-refractivity contribution in [2.24, 2.45) is 12.8 Å². The molecule has 17 heavy (non-hydrogen) atoms. The van der Waals surface area contributed by atoms with Crippen LogP contribution in [0.1, 0.15) is 11.3 Å². The van der Waals surface area contributed by atoms with Gasteiger partial charge >= 0.3 is 0 Å². The topological polar surface area (TPSA) is 80.6 Å². The Morgan fingerprint density at radius 2 is 2.29 bits per heavy atom. The molecule has 0 amide bonds. The molecule has 6 heteroatoms. The molecule has 0 aromatic carbocycles. The molecule has 0 atom stereocenters. The Labute approximate surface area is 104 Å². The van der Waals surface area contributed by atoms with Gasteiger partial charge in [-0.3, -0.25) is 10.4 Å². The van der Waals surface area contributed by atoms with E-state index in [0.29, 0.717) is 11.4 Å². The predicted molar refractivity (Wildman–Crippen MR) is 68.0 cm³/mol. The maximum atomic E-state index is 7.46. The molecule has 0 saturated heterocycles. The van der Waals surface area contributed by atoms with Crippen molar-refractivity contribution in [1.82, 2.24) is 14.5 Å². The van der Waals surface area contributed by atoms with Crippen LogP contribution in [0.2, 0.25) is 0 Å². The van der Waals surface area contributed by atoms with E-state index in [4.69, 9.17) is 11.1 Å². The molecule has 2 aromatic heterocycles. The molecule has 0 aliphatic heterocycles. The number of rotatable bonds is 4. The zero-order valence-corrected chi connectivity index (χ0v) is 10.2. The number of aromatic nitrogens is 3. The number of hydrogen-bond acceptors (Lipinski definition) is 4. The summed E-state index contributed by atoms with van der Waals surface area (Å²) in [7, 11) is 1.95. The molecule has 0 aliphatic rings. The van der Waals surface area contributed by atoms with E-state index in [2.05, 4.69) is 9.97 Å². The van der Waals surface area contributed by atoms with Gasteiger partial charge < -0.3 is 10.3 Å². The number of nitrogens with two attached hydrogens (primary N) is 1. The normalized spacial score (nSPS) is 10.4. The summed E-state index contributed by atoms with van der Waals surface area (Å²) in [5.74, 6) is 0.703. The number of hydrogen-bond donors (Lipinski definition) is 2. The van der Waals surface area contributed by atoms with Crippen molar-refractivity contribution >= 4 is 17.6 Å². The fourth-order valence-electron chi connectivity index (χ4n) is 1.43. The highest BCUT2D eigenvalue weighted by Gasteiger charge is 2.08. The van der Waals surface area contributed by atoms with E-state index in [1.807, 2.05) is 29.9 Å². The zero-order chi connectivity index (χ0) is 12.3. The van der Waals surface area contributed by atoms with Crippen LogP contribution in [0.5, 0.6) is 0 Å². The number of amidine groups is 1. The third-order valence-electron chi connectivity index (χ3n) is 2.28. The van der Waals surface area contributed by atoms with Gasteiger partial charge in [0.15, 0.2) is 5.16 Å². The average Bonchev–Trinajstić information content (AvgIpc) is 2.72. The highest BCUT2D eigenvalue weighted by molar-refractivity contribution is 7.98. The first-order valence-corrected chi connectivity index (χ1v) is 6.05. The second kappa shape index (κ2) is 5.01. The Morgan fingerprint density at radius 1 is 1.47 bits per heavy atom. The Balaban J connectivity index is 2.14. The first kappa shape index (κ1) is 11.7. The Morgan fingerprint density at radius 3 is 2.94 bits per heavy atom. The second-order valence-electron chi connectivity index (χ2n) is 3.53. The lowest BCUT2D eigenvalue weighted by molar-refractivity contribution is 0.790. The van der Waals surface area contributed by atoms with E-state index in [0.717, 1.165) is 10.7 Å². The minimum atomic E-state index is 0.000963. The zero-order valence-electron chi connectivity index (χ0n) is 9.42. The fraction of sp³-hybridized carbons (Fsp3) is 0.182. The van der Waals surface area contributed by atoms with E-state index >= 15 is 0 Å². The SMILES string of the molecule is Cn1ccnc1SCc1cccnc1C(=N)N. The summed E-state index contributed by atoms with van der Waals surface area (Å²) in [5, 5.41) is 8.39. The van der Waals surface area contributed by atoms with Gasteiger partial charge in [0.2, 0.25) is 0 Å². The maximum absolute atomic E-state index is 7.46. The van der Waals surface area contributed by atoms with Gasteiger partial charge in [0.05, 0.1) is 0 Å². The van der Waals surface area contributed by atoms with E-state index < -0.39 is 0 Å². The molecule has 0 bridgehead atoms. The van der Waals surface area contributed by atoms with Gasteiger partial charge in [-0.15, -0.1) is 0 Å². The predicted octanol–water partition coefficient (Wildman–Crippen LogP) is 1.39. The van der Waals surface area contributed by atoms with Gasteiger partial charge in [-0.05, 0) is 11.6 Å². The van der Waals surface area contributed by atoms with E-state index in [-0.39, 0.29) is 5.84 Å². The molecule has 0 unspecified atom stereocenters. The molecule has 0 spiro atoms. The molecule has 3 N–H and O–H groups in total. The minimum Gasteiger partial charge on any atom is -0.382 e. The smallest absolute Gasteiger partial charge is 0.167 e. The van der Waals surface area contributed by atoms with Crippen LogP contribution in [0.4, 0.5) is 0 Å². The molecule has 0 fully saturated rings. The van der Waals surface area contributed by atoms with Gasteiger partial charge in [0, 0.05) is 31.4 Å². The summed E-state index contributed by atoms with van der Waals surface area (Å²) in [5.41, 5.74) is 6.99. The molecule has 0 saturated carbocycles. The highest BCUT2D eigenvalue weighted by atomic mass is 32.2. The average molecular weight is 247 g/mol. The largest absolute Gasteiger partial charge is 0.382 e. The van der Waals surface area contributed by atoms with Gasteiger partial charge in [-0.1, -0.05) is 17.8 Å². The number of nitrogens with zero attached hydrogens (tertiary/aromatic N) is 3. The van der Waals surface area contributed by atoms with Crippen LogP contribution in [-0.2, 0) is 12.8 Å². The summed E-state index contributed by atoms with van der Waals surface area (Å²) in [6.07, 6.45) is 5.31. The Kier molecular flexibility index (Phi) is 3.43. The Bertz CT molecular complexity index is 534. The molecule has 2 heterocycles. The first-order valence-electron chi connectivity index (χ1n) is 5.07. The van der Waals surface area contributed by atoms with Crippen molar-refractivity contribution < 1.29 is 0 Å². The van der Waals surface area contributed by atoms with Crippen molar-refractivity contribution in [3.63, 3.8) is 0 Å². The van der Waals surface area contributed by atoms with Crippen LogP contribution < -0.4 is 5.73 Å². The van der Waals surface area contributed by atoms with Crippen LogP contribution in [0.3, 0.4) is 0 Å². The molecule has 88 valence electrons. The number of nitrogens with one attached hydrogen (secondary N) is 1. The maximum Gasteiger partial charge on any atom is 0.167 e. The Hall–Kier alpha value is -1.82. The number of thioether (sulfide) groups is 1. The minimum absolute atomic E-state index is 0.000963. The van der Waals surface area contributed by atoms with Crippen molar-refractivity contribution in [2.45, 2.75) is 10.9 Å². The molecular formula is C11H13N5S. The first-order chi connectivity index (χ1) is 8.18. The van der Waals surface area contributed by atoms with Crippen molar-refractivity contribution in [3.8, 4) is 0 Å². The van der Waals surface area contributed by atoms with Gasteiger partial charge in [-0.2, -0.15) is 0 Å². The van der Waals surface area contributed by atoms with Gasteiger partial charge in [0.1, 0.15) is 11.5 Å².